The van der Waals surface area contributed by atoms with Crippen LogP contribution in [0.5, 0.6) is 6.01 Å². The van der Waals surface area contributed by atoms with E-state index in [1.54, 1.807) is 18.2 Å². The summed E-state index contributed by atoms with van der Waals surface area (Å²) in [4.78, 5) is 19.3. The fraction of sp³-hybridized carbons (Fsp3) is 0.472. The van der Waals surface area contributed by atoms with Gasteiger partial charge in [0, 0.05) is 54.5 Å². The first-order valence-corrected chi connectivity index (χ1v) is 16.5. The highest BCUT2D eigenvalue weighted by atomic mass is 19.1. The monoisotopic (exact) mass is 624 g/mol. The zero-order valence-electron chi connectivity index (χ0n) is 25.7. The number of alkyl halides is 1. The Morgan fingerprint density at radius 1 is 1.11 bits per heavy atom. The molecule has 236 valence electrons. The summed E-state index contributed by atoms with van der Waals surface area (Å²) in [6.45, 7) is 4.37. The summed E-state index contributed by atoms with van der Waals surface area (Å²) < 4.78 is 53.0. The van der Waals surface area contributed by atoms with E-state index in [9.17, 15) is 8.78 Å². The summed E-state index contributed by atoms with van der Waals surface area (Å²) in [5, 5.41) is 5.52. The number of ether oxygens (including phenoxy) is 1. The van der Waals surface area contributed by atoms with Gasteiger partial charge in [0.1, 0.15) is 35.6 Å². The van der Waals surface area contributed by atoms with Gasteiger partial charge in [-0.05, 0) is 50.1 Å². The number of rotatable bonds is 4. The highest BCUT2D eigenvalue weighted by molar-refractivity contribution is 6.03. The third-order valence-electron chi connectivity index (χ3n) is 11.3. The quantitative estimate of drug-likeness (QED) is 0.285. The highest BCUT2D eigenvalue weighted by Gasteiger charge is 2.50. The second kappa shape index (κ2) is 10.3. The van der Waals surface area contributed by atoms with E-state index in [2.05, 4.69) is 28.0 Å². The smallest absolute Gasteiger partial charge is 0.319 e. The summed E-state index contributed by atoms with van der Waals surface area (Å²) in [6, 6.07) is 9.20. The Balaban J connectivity index is 1.26. The Hall–Kier alpha value is -3.94. The van der Waals surface area contributed by atoms with E-state index < -0.39 is 23.3 Å². The van der Waals surface area contributed by atoms with Gasteiger partial charge in [0.15, 0.2) is 5.82 Å². The number of terminal acetylenes is 1. The van der Waals surface area contributed by atoms with Crippen LogP contribution in [0.15, 0.2) is 30.3 Å². The summed E-state index contributed by atoms with van der Waals surface area (Å²) in [6.07, 6.45) is 10.1. The van der Waals surface area contributed by atoms with Crippen LogP contribution in [-0.2, 0) is 0 Å². The standard InChI is InChI=1S/C36H35F3N6O/c1-3-23-25(38)10-8-20-6-4-7-24(28(20)23)32-30(39)33-29-31(41-32)19(2)14-27-26-11-9-22(40-26)17-45(27)34(29)43-35(42-33)46-18-36-12-5-13-44(36)16-21(37)15-36/h1,4,6-8,10,19,21-22,26-27,40H,5,9,11-18H2,2H3/t19-,21+,22+,26-,27-,36-/m0/s1. The van der Waals surface area contributed by atoms with Crippen LogP contribution in [0.25, 0.3) is 32.9 Å². The van der Waals surface area contributed by atoms with Gasteiger partial charge in [-0.1, -0.05) is 37.1 Å². The van der Waals surface area contributed by atoms with Crippen LogP contribution in [-0.4, -0.2) is 75.9 Å². The van der Waals surface area contributed by atoms with Crippen molar-refractivity contribution in [3.05, 3.63) is 53.2 Å². The van der Waals surface area contributed by atoms with E-state index in [0.717, 1.165) is 45.2 Å². The second-order valence-electron chi connectivity index (χ2n) is 14.0. The molecule has 0 spiro atoms. The molecule has 0 amide bonds. The van der Waals surface area contributed by atoms with Gasteiger partial charge in [0.25, 0.3) is 0 Å². The van der Waals surface area contributed by atoms with Crippen LogP contribution < -0.4 is 15.0 Å². The zero-order chi connectivity index (χ0) is 31.3. The number of hydrogen-bond donors (Lipinski definition) is 1. The SMILES string of the molecule is C#Cc1c(F)ccc2cccc(-c3nc4c5c(nc(OC[C@@]67CCCN6C[C@H](F)C7)nc5c3F)N3C[C@H]5CC[C@H](N5)[C@@H]3C[C@@H]4C)c12. The summed E-state index contributed by atoms with van der Waals surface area (Å²) in [7, 11) is 0. The third-order valence-corrected chi connectivity index (χ3v) is 11.3. The molecule has 9 rings (SSSR count). The average Bonchev–Trinajstić information content (AvgIpc) is 3.70. The maximum Gasteiger partial charge on any atom is 0.319 e. The number of nitrogens with zero attached hydrogens (tertiary/aromatic N) is 5. The second-order valence-corrected chi connectivity index (χ2v) is 14.0. The summed E-state index contributed by atoms with van der Waals surface area (Å²) in [5.41, 5.74) is 1.01. The van der Waals surface area contributed by atoms with E-state index in [0.29, 0.717) is 58.3 Å². The van der Waals surface area contributed by atoms with E-state index >= 15 is 4.39 Å². The molecule has 0 unspecified atom stereocenters. The lowest BCUT2D eigenvalue weighted by atomic mass is 9.91. The number of pyridine rings is 1. The predicted molar refractivity (Wildman–Crippen MR) is 171 cm³/mol. The van der Waals surface area contributed by atoms with E-state index in [1.165, 1.54) is 6.07 Å². The number of halogens is 3. The fourth-order valence-corrected chi connectivity index (χ4v) is 9.21. The van der Waals surface area contributed by atoms with Crippen LogP contribution in [0.2, 0.25) is 0 Å². The molecule has 10 heteroatoms. The van der Waals surface area contributed by atoms with Gasteiger partial charge in [0.05, 0.1) is 22.2 Å². The van der Waals surface area contributed by atoms with Crippen molar-refractivity contribution in [2.24, 2.45) is 0 Å². The molecule has 46 heavy (non-hydrogen) atoms. The van der Waals surface area contributed by atoms with Crippen LogP contribution in [0.3, 0.4) is 0 Å². The first kappa shape index (κ1) is 28.3. The third kappa shape index (κ3) is 4.10. The van der Waals surface area contributed by atoms with Gasteiger partial charge < -0.3 is 15.0 Å². The first-order chi connectivity index (χ1) is 22.3. The minimum absolute atomic E-state index is 0.0327. The molecule has 5 aliphatic rings. The number of hydrogen-bond acceptors (Lipinski definition) is 7. The minimum atomic E-state index is -0.892. The van der Waals surface area contributed by atoms with E-state index in [-0.39, 0.29) is 41.4 Å². The number of piperazine rings is 1. The number of aromatic nitrogens is 3. The Morgan fingerprint density at radius 3 is 2.87 bits per heavy atom. The molecule has 4 aromatic rings. The normalized spacial score (nSPS) is 30.0. The highest BCUT2D eigenvalue weighted by Crippen LogP contribution is 2.46. The molecular weight excluding hydrogens is 589 g/mol. The van der Waals surface area contributed by atoms with Crippen molar-refractivity contribution >= 4 is 27.5 Å². The molecule has 2 aromatic carbocycles. The molecule has 4 saturated heterocycles. The maximum atomic E-state index is 17.1. The first-order valence-electron chi connectivity index (χ1n) is 16.5. The molecule has 4 fully saturated rings. The van der Waals surface area contributed by atoms with Crippen LogP contribution >= 0.6 is 0 Å². The molecule has 0 radical (unpaired) electrons. The van der Waals surface area contributed by atoms with Crippen molar-refractivity contribution in [3.63, 3.8) is 0 Å². The van der Waals surface area contributed by atoms with E-state index in [1.807, 2.05) is 6.07 Å². The van der Waals surface area contributed by atoms with Crippen molar-refractivity contribution in [1.82, 2.24) is 25.2 Å². The van der Waals surface area contributed by atoms with Crippen molar-refractivity contribution < 1.29 is 17.9 Å². The Kier molecular flexibility index (Phi) is 6.32. The average molecular weight is 625 g/mol. The Labute approximate surface area is 265 Å². The molecule has 6 atom stereocenters. The van der Waals surface area contributed by atoms with Crippen LogP contribution in [0.4, 0.5) is 19.0 Å². The number of fused-ring (bicyclic) bond motifs is 7. The summed E-state index contributed by atoms with van der Waals surface area (Å²) in [5.74, 6) is 1.92. The minimum Gasteiger partial charge on any atom is -0.461 e. The molecule has 0 saturated carbocycles. The summed E-state index contributed by atoms with van der Waals surface area (Å²) >= 11 is 0. The molecule has 2 bridgehead atoms. The predicted octanol–water partition coefficient (Wildman–Crippen LogP) is 5.88. The zero-order valence-corrected chi connectivity index (χ0v) is 25.7. The van der Waals surface area contributed by atoms with Crippen molar-refractivity contribution in [1.29, 1.82) is 0 Å². The Bertz CT molecular complexity index is 1960. The van der Waals surface area contributed by atoms with E-state index in [4.69, 9.17) is 26.1 Å². The molecule has 2 aromatic heterocycles. The molecule has 7 heterocycles. The largest absolute Gasteiger partial charge is 0.461 e. The van der Waals surface area contributed by atoms with Crippen molar-refractivity contribution in [3.8, 4) is 29.6 Å². The Morgan fingerprint density at radius 2 is 2.00 bits per heavy atom. The fourth-order valence-electron chi connectivity index (χ4n) is 9.21. The molecule has 0 aliphatic carbocycles. The van der Waals surface area contributed by atoms with Crippen molar-refractivity contribution in [2.75, 3.05) is 31.1 Å². The van der Waals surface area contributed by atoms with Crippen LogP contribution in [0, 0.1) is 24.0 Å². The molecule has 7 nitrogen and oxygen atoms in total. The lowest BCUT2D eigenvalue weighted by Crippen LogP contribution is -2.58. The number of nitrogens with one attached hydrogen (secondary N) is 1. The number of anilines is 1. The molecule has 1 N–H and O–H groups in total. The van der Waals surface area contributed by atoms with Crippen LogP contribution in [0.1, 0.15) is 62.6 Å². The lowest BCUT2D eigenvalue weighted by Gasteiger charge is -2.41. The van der Waals surface area contributed by atoms with Gasteiger partial charge in [0.2, 0.25) is 0 Å². The molecular formula is C36H35F3N6O. The van der Waals surface area contributed by atoms with Crippen molar-refractivity contribution in [2.45, 2.75) is 81.2 Å². The maximum absolute atomic E-state index is 17.1. The van der Waals surface area contributed by atoms with Gasteiger partial charge >= 0.3 is 6.01 Å². The topological polar surface area (TPSA) is 66.4 Å². The van der Waals surface area contributed by atoms with Gasteiger partial charge in [-0.2, -0.15) is 9.97 Å². The van der Waals surface area contributed by atoms with Gasteiger partial charge in [-0.3, -0.25) is 4.90 Å². The number of benzene rings is 2. The van der Waals surface area contributed by atoms with Gasteiger partial charge in [-0.15, -0.1) is 6.42 Å². The molecule has 5 aliphatic heterocycles. The van der Waals surface area contributed by atoms with Gasteiger partial charge in [-0.25, -0.2) is 18.2 Å². The lowest BCUT2D eigenvalue weighted by molar-refractivity contribution is 0.107.